The summed E-state index contributed by atoms with van der Waals surface area (Å²) in [6.07, 6.45) is 1.56. The van der Waals surface area contributed by atoms with E-state index < -0.39 is 0 Å². The van der Waals surface area contributed by atoms with Crippen LogP contribution >= 0.6 is 0 Å². The third-order valence-electron chi connectivity index (χ3n) is 4.58. The van der Waals surface area contributed by atoms with Crippen LogP contribution in [0.5, 0.6) is 17.4 Å². The first-order chi connectivity index (χ1) is 13.6. The number of nitrogens with zero attached hydrogens (tertiary/aromatic N) is 3. The minimum Gasteiger partial charge on any atom is -0.490 e. The summed E-state index contributed by atoms with van der Waals surface area (Å²) in [6.45, 7) is 8.06. The summed E-state index contributed by atoms with van der Waals surface area (Å²) in [5.41, 5.74) is 1.46. The molecule has 7 nitrogen and oxygen atoms in total. The number of carbonyl (C=O) groups is 1. The van der Waals surface area contributed by atoms with Crippen LogP contribution in [0.15, 0.2) is 30.3 Å². The van der Waals surface area contributed by atoms with Gasteiger partial charge >= 0.3 is 0 Å². The fourth-order valence-corrected chi connectivity index (χ4v) is 3.16. The predicted octanol–water partition coefficient (Wildman–Crippen LogP) is 3.27. The van der Waals surface area contributed by atoms with Crippen molar-refractivity contribution in [2.24, 2.45) is 0 Å². The number of hydrogen-bond donors (Lipinski definition) is 0. The first-order valence-corrected chi connectivity index (χ1v) is 9.76. The Bertz CT molecular complexity index is 787. The van der Waals surface area contributed by atoms with Gasteiger partial charge in [0.15, 0.2) is 11.5 Å². The topological polar surface area (TPSA) is 73.8 Å². The summed E-state index contributed by atoms with van der Waals surface area (Å²) in [6, 6.07) is 9.06. The summed E-state index contributed by atoms with van der Waals surface area (Å²) in [5, 5.41) is 8.06. The first-order valence-electron chi connectivity index (χ1n) is 9.76. The van der Waals surface area contributed by atoms with E-state index in [9.17, 15) is 4.79 Å². The van der Waals surface area contributed by atoms with E-state index in [1.54, 1.807) is 18.2 Å². The van der Waals surface area contributed by atoms with E-state index in [4.69, 9.17) is 14.2 Å². The highest BCUT2D eigenvalue weighted by Gasteiger charge is 2.25. The molecule has 0 unspecified atom stereocenters. The van der Waals surface area contributed by atoms with Gasteiger partial charge in [-0.15, -0.1) is 5.10 Å². The van der Waals surface area contributed by atoms with Crippen molar-refractivity contribution < 1.29 is 19.0 Å². The maximum atomic E-state index is 12.9. The standard InChI is InChI=1S/C21H27N3O4/c1-4-26-18-8-7-16(14-19(18)27-5-2)21(25)24-12-10-17(11-13-24)28-20-9-6-15(3)22-23-20/h6-9,14,17H,4-5,10-13H2,1-3H3. The van der Waals surface area contributed by atoms with E-state index in [-0.39, 0.29) is 12.0 Å². The SMILES string of the molecule is CCOc1ccc(C(=O)N2CCC(Oc3ccc(C)nn3)CC2)cc1OCC. The van der Waals surface area contributed by atoms with Crippen molar-refractivity contribution >= 4 is 5.91 Å². The second kappa shape index (κ2) is 9.39. The van der Waals surface area contributed by atoms with Gasteiger partial charge in [-0.25, -0.2) is 0 Å². The molecule has 1 saturated heterocycles. The Hall–Kier alpha value is -2.83. The average molecular weight is 385 g/mol. The van der Waals surface area contributed by atoms with Gasteiger partial charge in [0.05, 0.1) is 18.9 Å². The summed E-state index contributed by atoms with van der Waals surface area (Å²) in [4.78, 5) is 14.7. The van der Waals surface area contributed by atoms with E-state index in [1.165, 1.54) is 0 Å². The van der Waals surface area contributed by atoms with Crippen LogP contribution in [0.3, 0.4) is 0 Å². The van der Waals surface area contributed by atoms with Gasteiger partial charge in [-0.3, -0.25) is 4.79 Å². The molecule has 2 heterocycles. The molecule has 0 N–H and O–H groups in total. The van der Waals surface area contributed by atoms with Gasteiger partial charge in [0.2, 0.25) is 5.88 Å². The molecule has 1 fully saturated rings. The van der Waals surface area contributed by atoms with Crippen LogP contribution in [-0.2, 0) is 0 Å². The van der Waals surface area contributed by atoms with Gasteiger partial charge in [0.1, 0.15) is 6.10 Å². The lowest BCUT2D eigenvalue weighted by Crippen LogP contribution is -2.41. The van der Waals surface area contributed by atoms with Crippen LogP contribution in [0.4, 0.5) is 0 Å². The largest absolute Gasteiger partial charge is 0.490 e. The number of carbonyl (C=O) groups excluding carboxylic acids is 1. The van der Waals surface area contributed by atoms with Crippen molar-refractivity contribution in [1.29, 1.82) is 0 Å². The lowest BCUT2D eigenvalue weighted by molar-refractivity contribution is 0.0585. The smallest absolute Gasteiger partial charge is 0.253 e. The first kappa shape index (κ1) is 19.9. The molecule has 1 aliphatic heterocycles. The Balaban J connectivity index is 1.60. The molecule has 0 saturated carbocycles. The number of amides is 1. The third kappa shape index (κ3) is 4.91. The zero-order valence-electron chi connectivity index (χ0n) is 16.7. The van der Waals surface area contributed by atoms with Crippen molar-refractivity contribution in [3.05, 3.63) is 41.6 Å². The quantitative estimate of drug-likeness (QED) is 0.728. The molecule has 7 heteroatoms. The maximum Gasteiger partial charge on any atom is 0.253 e. The number of piperidine rings is 1. The molecule has 0 aliphatic carbocycles. The van der Waals surface area contributed by atoms with Crippen molar-refractivity contribution in [1.82, 2.24) is 15.1 Å². The highest BCUT2D eigenvalue weighted by molar-refractivity contribution is 5.95. The highest BCUT2D eigenvalue weighted by Crippen LogP contribution is 2.29. The fourth-order valence-electron chi connectivity index (χ4n) is 3.16. The molecule has 1 aromatic carbocycles. The monoisotopic (exact) mass is 385 g/mol. The zero-order valence-corrected chi connectivity index (χ0v) is 16.7. The Labute approximate surface area is 165 Å². The summed E-state index contributed by atoms with van der Waals surface area (Å²) in [5.74, 6) is 1.79. The number of ether oxygens (including phenoxy) is 3. The zero-order chi connectivity index (χ0) is 19.9. The molecule has 0 radical (unpaired) electrons. The van der Waals surface area contributed by atoms with E-state index >= 15 is 0 Å². The van der Waals surface area contributed by atoms with Gasteiger partial charge < -0.3 is 19.1 Å². The molecule has 1 amide bonds. The molecule has 1 aliphatic rings. The lowest BCUT2D eigenvalue weighted by atomic mass is 10.1. The van der Waals surface area contributed by atoms with Gasteiger partial charge in [-0.2, -0.15) is 5.10 Å². The van der Waals surface area contributed by atoms with E-state index in [2.05, 4.69) is 10.2 Å². The van der Waals surface area contributed by atoms with Crippen molar-refractivity contribution in [2.75, 3.05) is 26.3 Å². The minimum absolute atomic E-state index is 0.00224. The predicted molar refractivity (Wildman–Crippen MR) is 105 cm³/mol. The molecule has 150 valence electrons. The minimum atomic E-state index is -0.00224. The Morgan fingerprint density at radius 1 is 1.04 bits per heavy atom. The van der Waals surface area contributed by atoms with Crippen LogP contribution in [0.25, 0.3) is 0 Å². The summed E-state index contributed by atoms with van der Waals surface area (Å²) in [7, 11) is 0. The van der Waals surface area contributed by atoms with Gasteiger partial charge in [0.25, 0.3) is 5.91 Å². The fraction of sp³-hybridized carbons (Fsp3) is 0.476. The Kier molecular flexibility index (Phi) is 6.68. The number of benzene rings is 1. The molecule has 3 rings (SSSR count). The molecule has 2 aromatic rings. The number of aryl methyl sites for hydroxylation is 1. The molecule has 0 atom stereocenters. The summed E-state index contributed by atoms with van der Waals surface area (Å²) >= 11 is 0. The lowest BCUT2D eigenvalue weighted by Gasteiger charge is -2.32. The average Bonchev–Trinajstić information content (AvgIpc) is 2.71. The van der Waals surface area contributed by atoms with Crippen LogP contribution < -0.4 is 14.2 Å². The number of aromatic nitrogens is 2. The Morgan fingerprint density at radius 2 is 1.75 bits per heavy atom. The molecular formula is C21H27N3O4. The van der Waals surface area contributed by atoms with Crippen LogP contribution in [0, 0.1) is 6.92 Å². The van der Waals surface area contributed by atoms with Crippen molar-refractivity contribution in [3.63, 3.8) is 0 Å². The number of hydrogen-bond acceptors (Lipinski definition) is 6. The molecule has 28 heavy (non-hydrogen) atoms. The normalized spacial score (nSPS) is 14.6. The molecule has 0 spiro atoms. The van der Waals surface area contributed by atoms with Crippen molar-refractivity contribution in [2.45, 2.75) is 39.7 Å². The number of rotatable bonds is 7. The molecule has 0 bridgehead atoms. The highest BCUT2D eigenvalue weighted by atomic mass is 16.5. The Morgan fingerprint density at radius 3 is 2.39 bits per heavy atom. The van der Waals surface area contributed by atoms with Crippen LogP contribution in [0.1, 0.15) is 42.7 Å². The van der Waals surface area contributed by atoms with E-state index in [1.807, 2.05) is 37.8 Å². The second-order valence-corrected chi connectivity index (χ2v) is 6.65. The number of likely N-dealkylation sites (tertiary alicyclic amines) is 1. The van der Waals surface area contributed by atoms with Crippen LogP contribution in [-0.4, -0.2) is 53.4 Å². The summed E-state index contributed by atoms with van der Waals surface area (Å²) < 4.78 is 17.1. The van der Waals surface area contributed by atoms with E-state index in [0.717, 1.165) is 18.5 Å². The maximum absolute atomic E-state index is 12.9. The van der Waals surface area contributed by atoms with Crippen molar-refractivity contribution in [3.8, 4) is 17.4 Å². The van der Waals surface area contributed by atoms with Gasteiger partial charge in [0, 0.05) is 37.6 Å². The molecular weight excluding hydrogens is 358 g/mol. The molecule has 1 aromatic heterocycles. The van der Waals surface area contributed by atoms with Gasteiger partial charge in [-0.1, -0.05) is 0 Å². The van der Waals surface area contributed by atoms with Gasteiger partial charge in [-0.05, 0) is 45.0 Å². The third-order valence-corrected chi connectivity index (χ3v) is 4.58. The second-order valence-electron chi connectivity index (χ2n) is 6.65. The van der Waals surface area contributed by atoms with Crippen LogP contribution in [0.2, 0.25) is 0 Å². The van der Waals surface area contributed by atoms with E-state index in [0.29, 0.717) is 49.2 Å².